The zero-order valence-electron chi connectivity index (χ0n) is 12.9. The fourth-order valence-corrected chi connectivity index (χ4v) is 2.24. The first-order valence-electron chi connectivity index (χ1n) is 7.13. The molecule has 0 spiro atoms. The lowest BCUT2D eigenvalue weighted by Gasteiger charge is -2.21. The van der Waals surface area contributed by atoms with Crippen molar-refractivity contribution in [3.05, 3.63) is 53.3 Å². The van der Waals surface area contributed by atoms with Gasteiger partial charge in [0, 0.05) is 12.6 Å². The highest BCUT2D eigenvalue weighted by Crippen LogP contribution is 2.24. The van der Waals surface area contributed by atoms with E-state index in [1.807, 2.05) is 5.32 Å². The van der Waals surface area contributed by atoms with Crippen LogP contribution in [0.2, 0.25) is 0 Å². The van der Waals surface area contributed by atoms with Crippen molar-refractivity contribution in [1.82, 2.24) is 10.2 Å². The molecule has 0 aliphatic carbocycles. The van der Waals surface area contributed by atoms with Crippen LogP contribution in [0.4, 0.5) is 4.79 Å². The number of imide groups is 2. The Morgan fingerprint density at radius 1 is 1.12 bits per heavy atom. The standard InChI is InChI=1S/C17H12N2O6/c1-19-15(21)12(14(20)18-17(19)24)8-11-6-7-13(25-11)9-2-4-10(5-3-9)16(22)23/h2-8H,1H3,(H,22,23)(H,18,20,24)/p-1/b12-8+. The first-order chi connectivity index (χ1) is 11.9. The van der Waals surface area contributed by atoms with Crippen molar-refractivity contribution in [2.24, 2.45) is 0 Å². The average Bonchev–Trinajstić information content (AvgIpc) is 3.05. The van der Waals surface area contributed by atoms with Crippen molar-refractivity contribution >= 4 is 29.9 Å². The Balaban J connectivity index is 1.88. The Hall–Kier alpha value is -3.68. The van der Waals surface area contributed by atoms with Crippen LogP contribution in [0.3, 0.4) is 0 Å². The SMILES string of the molecule is CN1C(=O)NC(=O)/C(=C\c2ccc(-c3ccc(C(=O)[O-])cc3)o2)C1=O. The van der Waals surface area contributed by atoms with Gasteiger partial charge in [0.25, 0.3) is 11.8 Å². The number of carboxylic acid groups (broad SMARTS) is 1. The summed E-state index contributed by atoms with van der Waals surface area (Å²) in [6.45, 7) is 0. The number of carbonyl (C=O) groups is 4. The number of nitrogens with zero attached hydrogens (tertiary/aromatic N) is 1. The lowest BCUT2D eigenvalue weighted by molar-refractivity contribution is -0.255. The number of carbonyl (C=O) groups excluding carboxylic acids is 4. The van der Waals surface area contributed by atoms with Gasteiger partial charge in [-0.05, 0) is 23.8 Å². The Bertz CT molecular complexity index is 923. The Kier molecular flexibility index (Phi) is 3.94. The van der Waals surface area contributed by atoms with Crippen LogP contribution in [-0.2, 0) is 9.59 Å². The highest BCUT2D eigenvalue weighted by atomic mass is 16.4. The van der Waals surface area contributed by atoms with Crippen molar-refractivity contribution in [3.63, 3.8) is 0 Å². The first-order valence-corrected chi connectivity index (χ1v) is 7.13. The number of furan rings is 1. The van der Waals surface area contributed by atoms with Gasteiger partial charge in [0.15, 0.2) is 0 Å². The number of carboxylic acids is 1. The van der Waals surface area contributed by atoms with Gasteiger partial charge in [0.1, 0.15) is 17.1 Å². The van der Waals surface area contributed by atoms with Crippen molar-refractivity contribution in [3.8, 4) is 11.3 Å². The fourth-order valence-electron chi connectivity index (χ4n) is 2.24. The maximum Gasteiger partial charge on any atom is 0.331 e. The van der Waals surface area contributed by atoms with Crippen LogP contribution >= 0.6 is 0 Å². The molecule has 0 radical (unpaired) electrons. The quantitative estimate of drug-likeness (QED) is 0.638. The third-order valence-electron chi connectivity index (χ3n) is 3.62. The van der Waals surface area contributed by atoms with Gasteiger partial charge < -0.3 is 14.3 Å². The van der Waals surface area contributed by atoms with E-state index in [1.54, 1.807) is 24.3 Å². The number of hydrogen-bond donors (Lipinski definition) is 1. The second-order valence-corrected chi connectivity index (χ2v) is 5.25. The molecule has 3 rings (SSSR count). The summed E-state index contributed by atoms with van der Waals surface area (Å²) in [7, 11) is 1.25. The van der Waals surface area contributed by atoms with Crippen LogP contribution in [0.5, 0.6) is 0 Å². The van der Waals surface area contributed by atoms with Crippen molar-refractivity contribution in [2.45, 2.75) is 0 Å². The number of hydrogen-bond acceptors (Lipinski definition) is 6. The summed E-state index contributed by atoms with van der Waals surface area (Å²) in [5, 5.41) is 12.8. The monoisotopic (exact) mass is 339 g/mol. The van der Waals surface area contributed by atoms with E-state index in [4.69, 9.17) is 4.42 Å². The molecule has 126 valence electrons. The molecule has 0 saturated carbocycles. The van der Waals surface area contributed by atoms with E-state index >= 15 is 0 Å². The summed E-state index contributed by atoms with van der Waals surface area (Å²) in [5.41, 5.74) is 0.423. The summed E-state index contributed by atoms with van der Waals surface area (Å²) in [6.07, 6.45) is 1.24. The lowest BCUT2D eigenvalue weighted by Crippen LogP contribution is -2.52. The molecule has 1 aliphatic heterocycles. The van der Waals surface area contributed by atoms with Crippen LogP contribution < -0.4 is 10.4 Å². The van der Waals surface area contributed by atoms with Gasteiger partial charge in [-0.3, -0.25) is 19.8 Å². The third kappa shape index (κ3) is 3.05. The number of barbiturate groups is 1. The van der Waals surface area contributed by atoms with Crippen molar-refractivity contribution in [2.75, 3.05) is 7.05 Å². The van der Waals surface area contributed by atoms with Crippen LogP contribution in [-0.4, -0.2) is 35.8 Å². The number of aromatic carboxylic acids is 1. The van der Waals surface area contributed by atoms with Gasteiger partial charge in [-0.1, -0.05) is 24.3 Å². The molecule has 1 saturated heterocycles. The summed E-state index contributed by atoms with van der Waals surface area (Å²) >= 11 is 0. The second kappa shape index (κ2) is 6.08. The summed E-state index contributed by atoms with van der Waals surface area (Å²) < 4.78 is 5.56. The largest absolute Gasteiger partial charge is 0.545 e. The molecular formula is C17H11N2O6-. The number of amides is 4. The first kappa shape index (κ1) is 16.2. The second-order valence-electron chi connectivity index (χ2n) is 5.25. The zero-order valence-corrected chi connectivity index (χ0v) is 12.9. The number of benzene rings is 1. The van der Waals surface area contributed by atoms with E-state index in [0.717, 1.165) is 4.90 Å². The highest BCUT2D eigenvalue weighted by Gasteiger charge is 2.33. The molecule has 1 aliphatic rings. The van der Waals surface area contributed by atoms with Gasteiger partial charge in [-0.2, -0.15) is 0 Å². The summed E-state index contributed by atoms with van der Waals surface area (Å²) in [5.74, 6) is -2.16. The smallest absolute Gasteiger partial charge is 0.331 e. The Labute approximate surface area is 141 Å². The Morgan fingerprint density at radius 3 is 2.44 bits per heavy atom. The molecule has 8 nitrogen and oxygen atoms in total. The molecule has 2 heterocycles. The van der Waals surface area contributed by atoms with Crippen LogP contribution in [0, 0.1) is 0 Å². The highest BCUT2D eigenvalue weighted by molar-refractivity contribution is 6.30. The van der Waals surface area contributed by atoms with E-state index in [9.17, 15) is 24.3 Å². The summed E-state index contributed by atoms with van der Waals surface area (Å²) in [4.78, 5) is 46.7. The number of nitrogens with one attached hydrogen (secondary N) is 1. The fraction of sp³-hybridized carbons (Fsp3) is 0.0588. The molecule has 0 bridgehead atoms. The predicted octanol–water partition coefficient (Wildman–Crippen LogP) is 0.402. The third-order valence-corrected chi connectivity index (χ3v) is 3.62. The van der Waals surface area contributed by atoms with Crippen LogP contribution in [0.15, 0.2) is 46.4 Å². The molecule has 1 N–H and O–H groups in total. The van der Waals surface area contributed by atoms with E-state index in [1.165, 1.54) is 25.3 Å². The molecule has 0 atom stereocenters. The molecule has 1 aromatic heterocycles. The topological polar surface area (TPSA) is 120 Å². The number of likely N-dealkylation sites (N-methyl/N-ethyl adjacent to an activating group) is 1. The van der Waals surface area contributed by atoms with E-state index < -0.39 is 23.8 Å². The molecule has 25 heavy (non-hydrogen) atoms. The molecule has 8 heteroatoms. The van der Waals surface area contributed by atoms with Crippen LogP contribution in [0.25, 0.3) is 17.4 Å². The lowest BCUT2D eigenvalue weighted by atomic mass is 10.1. The van der Waals surface area contributed by atoms with Crippen LogP contribution in [0.1, 0.15) is 16.1 Å². The summed E-state index contributed by atoms with van der Waals surface area (Å²) in [6, 6.07) is 8.22. The van der Waals surface area contributed by atoms with Gasteiger partial charge >= 0.3 is 6.03 Å². The van der Waals surface area contributed by atoms with Gasteiger partial charge in [-0.25, -0.2) is 4.79 Å². The molecule has 1 aromatic carbocycles. The minimum Gasteiger partial charge on any atom is -0.545 e. The number of urea groups is 1. The number of rotatable bonds is 3. The molecule has 1 fully saturated rings. The maximum absolute atomic E-state index is 12.0. The Morgan fingerprint density at radius 2 is 1.80 bits per heavy atom. The van der Waals surface area contributed by atoms with Gasteiger partial charge in [-0.15, -0.1) is 0 Å². The van der Waals surface area contributed by atoms with E-state index in [2.05, 4.69) is 0 Å². The van der Waals surface area contributed by atoms with Crippen molar-refractivity contribution in [1.29, 1.82) is 0 Å². The normalized spacial score (nSPS) is 16.3. The van der Waals surface area contributed by atoms with Gasteiger partial charge in [0.2, 0.25) is 0 Å². The zero-order chi connectivity index (χ0) is 18.1. The molecular weight excluding hydrogens is 328 g/mol. The average molecular weight is 339 g/mol. The maximum atomic E-state index is 12.0. The van der Waals surface area contributed by atoms with Crippen molar-refractivity contribution < 1.29 is 28.7 Å². The van der Waals surface area contributed by atoms with E-state index in [0.29, 0.717) is 11.3 Å². The molecule has 0 unspecified atom stereocenters. The molecule has 4 amide bonds. The molecule has 2 aromatic rings. The van der Waals surface area contributed by atoms with E-state index in [-0.39, 0.29) is 16.9 Å². The minimum atomic E-state index is -1.28. The minimum absolute atomic E-state index is 0.0369. The predicted molar refractivity (Wildman–Crippen MR) is 82.8 cm³/mol. The van der Waals surface area contributed by atoms with Gasteiger partial charge in [0.05, 0.1) is 5.97 Å².